The number of carbonyl (C=O) groups is 1. The van der Waals surface area contributed by atoms with E-state index in [-0.39, 0.29) is 18.1 Å². The zero-order valence-electron chi connectivity index (χ0n) is 15.0. The molecule has 0 aromatic carbocycles. The smallest absolute Gasteiger partial charge is 0.294 e. The Balaban J connectivity index is 1.53. The van der Waals surface area contributed by atoms with Crippen LogP contribution in [0.4, 0.5) is 0 Å². The fourth-order valence-electron chi connectivity index (χ4n) is 4.46. The van der Waals surface area contributed by atoms with Crippen LogP contribution in [0.5, 0.6) is 0 Å². The number of hydrogen-bond acceptors (Lipinski definition) is 5. The van der Waals surface area contributed by atoms with Crippen LogP contribution in [0.1, 0.15) is 74.0 Å². The van der Waals surface area contributed by atoms with Gasteiger partial charge in [-0.05, 0) is 32.6 Å². The molecule has 5 nitrogen and oxygen atoms in total. The summed E-state index contributed by atoms with van der Waals surface area (Å²) < 4.78 is 11.4. The Hall–Kier alpha value is -1.01. The lowest BCUT2D eigenvalue weighted by molar-refractivity contribution is -0.0762. The Bertz CT molecular complexity index is 610. The van der Waals surface area contributed by atoms with Gasteiger partial charge >= 0.3 is 0 Å². The normalized spacial score (nSPS) is 28.0. The van der Waals surface area contributed by atoms with Gasteiger partial charge < -0.3 is 14.2 Å². The second kappa shape index (κ2) is 7.70. The number of ether oxygens (including phenoxy) is 1. The number of aryl methyl sites for hydroxylation is 1. The molecular formula is C19H28N2O3S. The van der Waals surface area contributed by atoms with Gasteiger partial charge in [0, 0.05) is 11.8 Å². The lowest BCUT2D eigenvalue weighted by Gasteiger charge is -2.43. The molecule has 2 aliphatic carbocycles. The van der Waals surface area contributed by atoms with E-state index in [1.807, 2.05) is 23.6 Å². The summed E-state index contributed by atoms with van der Waals surface area (Å²) in [6.07, 6.45) is 11.0. The van der Waals surface area contributed by atoms with Crippen molar-refractivity contribution in [3.8, 4) is 0 Å². The Morgan fingerprint density at radius 3 is 2.72 bits per heavy atom. The quantitative estimate of drug-likeness (QED) is 0.805. The maximum Gasteiger partial charge on any atom is 0.294 e. The van der Waals surface area contributed by atoms with Crippen LogP contribution in [-0.2, 0) is 4.74 Å². The maximum atomic E-state index is 13.3. The molecule has 3 fully saturated rings. The van der Waals surface area contributed by atoms with Gasteiger partial charge in [-0.25, -0.2) is 0 Å². The SMILES string of the molecule is Cc1noc(C(=O)N2CCO[C@H]3CCCC[C@@H]32)c1SC1CCCCC1. The summed E-state index contributed by atoms with van der Waals surface area (Å²) >= 11 is 1.81. The van der Waals surface area contributed by atoms with Crippen LogP contribution in [0.25, 0.3) is 0 Å². The summed E-state index contributed by atoms with van der Waals surface area (Å²) in [6, 6.07) is 0.202. The predicted molar refractivity (Wildman–Crippen MR) is 97.0 cm³/mol. The van der Waals surface area contributed by atoms with E-state index >= 15 is 0 Å². The minimum absolute atomic E-state index is 0.0131. The lowest BCUT2D eigenvalue weighted by Crippen LogP contribution is -2.54. The number of hydrogen-bond donors (Lipinski definition) is 0. The van der Waals surface area contributed by atoms with Crippen molar-refractivity contribution in [2.75, 3.05) is 13.2 Å². The second-order valence-electron chi connectivity index (χ2n) is 7.56. The van der Waals surface area contributed by atoms with Crippen LogP contribution in [0.15, 0.2) is 9.42 Å². The van der Waals surface area contributed by atoms with E-state index in [0.717, 1.165) is 23.4 Å². The first-order valence-electron chi connectivity index (χ1n) is 9.79. The first kappa shape index (κ1) is 17.4. The fourth-order valence-corrected chi connectivity index (χ4v) is 5.81. The molecule has 0 spiro atoms. The third kappa shape index (κ3) is 3.61. The minimum atomic E-state index is 0.0131. The number of carbonyl (C=O) groups excluding carboxylic acids is 1. The molecule has 1 aromatic rings. The molecule has 138 valence electrons. The third-order valence-corrected chi connectivity index (χ3v) is 7.35. The fraction of sp³-hybridized carbons (Fsp3) is 0.789. The monoisotopic (exact) mass is 364 g/mol. The number of thioether (sulfide) groups is 1. The van der Waals surface area contributed by atoms with Gasteiger partial charge in [-0.1, -0.05) is 37.3 Å². The molecule has 6 heteroatoms. The molecule has 1 aliphatic heterocycles. The summed E-state index contributed by atoms with van der Waals surface area (Å²) in [6.45, 7) is 3.24. The van der Waals surface area contributed by atoms with Gasteiger partial charge in [0.15, 0.2) is 0 Å². The molecule has 0 bridgehead atoms. The number of aromatic nitrogens is 1. The van der Waals surface area contributed by atoms with E-state index in [1.54, 1.807) is 0 Å². The van der Waals surface area contributed by atoms with E-state index in [0.29, 0.717) is 24.2 Å². The van der Waals surface area contributed by atoms with E-state index in [4.69, 9.17) is 9.26 Å². The maximum absolute atomic E-state index is 13.3. The van der Waals surface area contributed by atoms with Gasteiger partial charge in [0.2, 0.25) is 5.76 Å². The molecule has 2 saturated carbocycles. The summed E-state index contributed by atoms with van der Waals surface area (Å²) in [7, 11) is 0. The first-order valence-corrected chi connectivity index (χ1v) is 10.7. The van der Waals surface area contributed by atoms with Crippen LogP contribution in [0, 0.1) is 6.92 Å². The highest BCUT2D eigenvalue weighted by molar-refractivity contribution is 8.00. The van der Waals surface area contributed by atoms with Crippen LogP contribution < -0.4 is 0 Å². The molecule has 0 radical (unpaired) electrons. The molecule has 0 N–H and O–H groups in total. The Kier molecular flexibility index (Phi) is 5.36. The van der Waals surface area contributed by atoms with Gasteiger partial charge in [0.05, 0.1) is 29.3 Å². The number of morpholine rings is 1. The summed E-state index contributed by atoms with van der Waals surface area (Å²) in [5, 5.41) is 4.72. The molecule has 2 heterocycles. The van der Waals surface area contributed by atoms with Gasteiger partial charge in [0.1, 0.15) is 0 Å². The largest absolute Gasteiger partial charge is 0.374 e. The van der Waals surface area contributed by atoms with Crippen molar-refractivity contribution < 1.29 is 14.1 Å². The van der Waals surface area contributed by atoms with Crippen molar-refractivity contribution in [2.45, 2.75) is 87.0 Å². The molecule has 2 atom stereocenters. The molecule has 1 amide bonds. The van der Waals surface area contributed by atoms with Crippen molar-refractivity contribution in [1.82, 2.24) is 10.1 Å². The lowest BCUT2D eigenvalue weighted by atomic mass is 9.90. The zero-order chi connectivity index (χ0) is 17.2. The van der Waals surface area contributed by atoms with E-state index in [1.165, 1.54) is 44.9 Å². The van der Waals surface area contributed by atoms with Gasteiger partial charge in [-0.2, -0.15) is 0 Å². The van der Waals surface area contributed by atoms with Crippen molar-refractivity contribution >= 4 is 17.7 Å². The number of fused-ring (bicyclic) bond motifs is 1. The topological polar surface area (TPSA) is 55.6 Å². The Labute approximate surface area is 153 Å². The number of amides is 1. The van der Waals surface area contributed by atoms with Crippen LogP contribution in [-0.4, -0.2) is 46.5 Å². The molecule has 3 aliphatic rings. The van der Waals surface area contributed by atoms with Gasteiger partial charge in [0.25, 0.3) is 5.91 Å². The van der Waals surface area contributed by atoms with Crippen molar-refractivity contribution in [3.05, 3.63) is 11.5 Å². The Morgan fingerprint density at radius 1 is 1.12 bits per heavy atom. The van der Waals surface area contributed by atoms with Crippen molar-refractivity contribution in [3.63, 3.8) is 0 Å². The average molecular weight is 365 g/mol. The molecule has 25 heavy (non-hydrogen) atoms. The predicted octanol–water partition coefficient (Wildman–Crippen LogP) is 4.19. The molecule has 1 saturated heterocycles. The number of nitrogens with zero attached hydrogens (tertiary/aromatic N) is 2. The highest BCUT2D eigenvalue weighted by atomic mass is 32.2. The van der Waals surface area contributed by atoms with Crippen LogP contribution >= 0.6 is 11.8 Å². The third-order valence-electron chi connectivity index (χ3n) is 5.83. The van der Waals surface area contributed by atoms with E-state index < -0.39 is 0 Å². The standard InChI is InChI=1S/C19H28N2O3S/c1-13-18(25-14-7-3-2-4-8-14)17(24-20-13)19(22)21-11-12-23-16-10-6-5-9-15(16)21/h14-16H,2-12H2,1H3/t15-,16-/m0/s1. The van der Waals surface area contributed by atoms with Crippen LogP contribution in [0.3, 0.4) is 0 Å². The first-order chi connectivity index (χ1) is 12.2. The highest BCUT2D eigenvalue weighted by Crippen LogP contribution is 2.38. The van der Waals surface area contributed by atoms with Crippen molar-refractivity contribution in [2.24, 2.45) is 0 Å². The summed E-state index contributed by atoms with van der Waals surface area (Å²) in [4.78, 5) is 16.2. The van der Waals surface area contributed by atoms with Crippen molar-refractivity contribution in [1.29, 1.82) is 0 Å². The summed E-state index contributed by atoms with van der Waals surface area (Å²) in [5.74, 6) is 0.471. The van der Waals surface area contributed by atoms with E-state index in [2.05, 4.69) is 5.16 Å². The molecular weight excluding hydrogens is 336 g/mol. The molecule has 4 rings (SSSR count). The number of rotatable bonds is 3. The zero-order valence-corrected chi connectivity index (χ0v) is 15.9. The minimum Gasteiger partial charge on any atom is -0.374 e. The molecule has 1 aromatic heterocycles. The molecule has 0 unspecified atom stereocenters. The Morgan fingerprint density at radius 2 is 1.88 bits per heavy atom. The van der Waals surface area contributed by atoms with Crippen LogP contribution in [0.2, 0.25) is 0 Å². The van der Waals surface area contributed by atoms with E-state index in [9.17, 15) is 4.79 Å². The average Bonchev–Trinajstić information content (AvgIpc) is 3.02. The second-order valence-corrected chi connectivity index (χ2v) is 8.87. The van der Waals surface area contributed by atoms with Gasteiger partial charge in [-0.3, -0.25) is 4.79 Å². The van der Waals surface area contributed by atoms with Gasteiger partial charge in [-0.15, -0.1) is 11.8 Å². The highest BCUT2D eigenvalue weighted by Gasteiger charge is 2.39. The summed E-state index contributed by atoms with van der Waals surface area (Å²) in [5.41, 5.74) is 0.854.